The fourth-order valence-electron chi connectivity index (χ4n) is 2.22. The van der Waals surface area contributed by atoms with Crippen molar-refractivity contribution in [1.29, 1.82) is 5.26 Å². The number of nitrogens with zero attached hydrogens (tertiary/aromatic N) is 1. The molecule has 0 saturated carbocycles. The molecule has 8 heteroatoms. The molecule has 3 amide bonds. The van der Waals surface area contributed by atoms with Gasteiger partial charge in [0, 0.05) is 6.54 Å². The van der Waals surface area contributed by atoms with Crippen LogP contribution in [0.1, 0.15) is 25.0 Å². The van der Waals surface area contributed by atoms with Gasteiger partial charge in [-0.3, -0.25) is 10.1 Å². The van der Waals surface area contributed by atoms with Crippen LogP contribution in [-0.4, -0.2) is 30.1 Å². The maximum absolute atomic E-state index is 12.1. The van der Waals surface area contributed by atoms with E-state index in [1.54, 1.807) is 24.3 Å². The second kappa shape index (κ2) is 10.5. The summed E-state index contributed by atoms with van der Waals surface area (Å²) in [6, 6.07) is 16.7. The molecule has 2 rings (SSSR count). The lowest BCUT2D eigenvalue weighted by molar-refractivity contribution is -0.160. The zero-order valence-corrected chi connectivity index (χ0v) is 16.0. The van der Waals surface area contributed by atoms with Crippen LogP contribution in [0.3, 0.4) is 0 Å². The minimum Gasteiger partial charge on any atom is -0.479 e. The summed E-state index contributed by atoms with van der Waals surface area (Å²) in [5.74, 6) is -1.14. The Hall–Kier alpha value is -3.86. The van der Waals surface area contributed by atoms with Crippen molar-refractivity contribution in [2.75, 3.05) is 0 Å². The van der Waals surface area contributed by atoms with Gasteiger partial charge in [-0.25, -0.2) is 9.59 Å². The summed E-state index contributed by atoms with van der Waals surface area (Å²) in [6.45, 7) is 3.08. The summed E-state index contributed by atoms with van der Waals surface area (Å²) in [7, 11) is 0. The Morgan fingerprint density at radius 3 is 2.28 bits per heavy atom. The first-order valence-corrected chi connectivity index (χ1v) is 8.89. The third kappa shape index (κ3) is 6.99. The molecule has 150 valence electrons. The predicted molar refractivity (Wildman–Crippen MR) is 104 cm³/mol. The Kier molecular flexibility index (Phi) is 7.74. The molecule has 0 aliphatic carbocycles. The van der Waals surface area contributed by atoms with Crippen LogP contribution in [0.4, 0.5) is 4.79 Å². The molecular weight excluding hydrogens is 374 g/mol. The maximum atomic E-state index is 12.1. The average molecular weight is 395 g/mol. The van der Waals surface area contributed by atoms with Crippen molar-refractivity contribution in [1.82, 2.24) is 10.6 Å². The highest BCUT2D eigenvalue weighted by molar-refractivity contribution is 5.97. The molecule has 0 heterocycles. The first-order chi connectivity index (χ1) is 13.9. The maximum Gasteiger partial charge on any atom is 0.347 e. The molecule has 2 atom stereocenters. The summed E-state index contributed by atoms with van der Waals surface area (Å²) in [6.07, 6.45) is -2.16. The van der Waals surface area contributed by atoms with Crippen molar-refractivity contribution < 1.29 is 23.9 Å². The van der Waals surface area contributed by atoms with Crippen LogP contribution in [0.25, 0.3) is 0 Å². The van der Waals surface area contributed by atoms with Gasteiger partial charge in [0.2, 0.25) is 0 Å². The van der Waals surface area contributed by atoms with Crippen LogP contribution in [0.2, 0.25) is 0 Å². The number of urea groups is 1. The molecule has 0 aliphatic heterocycles. The van der Waals surface area contributed by atoms with Gasteiger partial charge in [-0.05, 0) is 43.7 Å². The molecule has 29 heavy (non-hydrogen) atoms. The predicted octanol–water partition coefficient (Wildman–Crippen LogP) is 2.28. The number of carbonyl (C=O) groups is 3. The number of benzene rings is 2. The molecule has 0 aliphatic rings. The number of hydrogen-bond donors (Lipinski definition) is 2. The van der Waals surface area contributed by atoms with Gasteiger partial charge in [-0.2, -0.15) is 5.26 Å². The van der Waals surface area contributed by atoms with Crippen molar-refractivity contribution in [2.24, 2.45) is 0 Å². The van der Waals surface area contributed by atoms with Crippen LogP contribution in [0, 0.1) is 11.3 Å². The molecule has 0 radical (unpaired) electrons. The van der Waals surface area contributed by atoms with Gasteiger partial charge in [0.05, 0.1) is 11.6 Å². The minimum absolute atomic E-state index is 0.254. The molecule has 0 unspecified atom stereocenters. The van der Waals surface area contributed by atoms with Gasteiger partial charge >= 0.3 is 12.0 Å². The lowest BCUT2D eigenvalue weighted by Crippen LogP contribution is -2.45. The zero-order valence-electron chi connectivity index (χ0n) is 16.0. The molecule has 2 aromatic carbocycles. The van der Waals surface area contributed by atoms with Crippen molar-refractivity contribution in [3.8, 4) is 11.8 Å². The lowest BCUT2D eigenvalue weighted by Gasteiger charge is -2.17. The molecule has 0 aromatic heterocycles. The fraction of sp³-hybridized carbons (Fsp3) is 0.238. The third-order valence-corrected chi connectivity index (χ3v) is 3.82. The first-order valence-electron chi connectivity index (χ1n) is 8.89. The largest absolute Gasteiger partial charge is 0.479 e. The molecule has 0 spiro atoms. The monoisotopic (exact) mass is 395 g/mol. The number of rotatable bonds is 7. The highest BCUT2D eigenvalue weighted by atomic mass is 16.6. The summed E-state index contributed by atoms with van der Waals surface area (Å²) >= 11 is 0. The Labute approximate surface area is 168 Å². The van der Waals surface area contributed by atoms with E-state index < -0.39 is 30.1 Å². The van der Waals surface area contributed by atoms with Crippen LogP contribution >= 0.6 is 0 Å². The molecular formula is C21H21N3O5. The smallest absolute Gasteiger partial charge is 0.347 e. The second-order valence-corrected chi connectivity index (χ2v) is 6.13. The van der Waals surface area contributed by atoms with Gasteiger partial charge in [0.15, 0.2) is 12.2 Å². The van der Waals surface area contributed by atoms with Crippen molar-refractivity contribution in [3.63, 3.8) is 0 Å². The summed E-state index contributed by atoms with van der Waals surface area (Å²) in [5.41, 5.74) is 1.34. The number of hydrogen-bond acceptors (Lipinski definition) is 6. The standard InChI is InChI=1S/C21H21N3O5/c1-14(19(25)24-21(27)23-13-17-6-4-3-5-7-17)29-20(26)15(2)28-18-10-8-16(12-22)9-11-18/h3-11,14-15H,13H2,1-2H3,(H2,23,24,25,27)/t14-,15+/m0/s1. The van der Waals surface area contributed by atoms with Crippen LogP contribution in [-0.2, 0) is 20.9 Å². The first kappa shape index (κ1) is 21.4. The SMILES string of the molecule is C[C@H](OC(=O)[C@@H](C)Oc1ccc(C#N)cc1)C(=O)NC(=O)NCc1ccccc1. The van der Waals surface area contributed by atoms with E-state index in [0.717, 1.165) is 5.56 Å². The van der Waals surface area contributed by atoms with E-state index in [-0.39, 0.29) is 6.54 Å². The van der Waals surface area contributed by atoms with E-state index in [0.29, 0.717) is 11.3 Å². The summed E-state index contributed by atoms with van der Waals surface area (Å²) < 4.78 is 10.5. The number of imide groups is 1. The van der Waals surface area contributed by atoms with Crippen LogP contribution in [0.5, 0.6) is 5.75 Å². The van der Waals surface area contributed by atoms with Crippen LogP contribution < -0.4 is 15.4 Å². The molecule has 0 fully saturated rings. The normalized spacial score (nSPS) is 12.0. The molecule has 2 aromatic rings. The summed E-state index contributed by atoms with van der Waals surface area (Å²) in [5, 5.41) is 13.4. The third-order valence-electron chi connectivity index (χ3n) is 3.82. The topological polar surface area (TPSA) is 118 Å². The number of nitrogens with one attached hydrogen (secondary N) is 2. The average Bonchev–Trinajstić information content (AvgIpc) is 2.73. The summed E-state index contributed by atoms with van der Waals surface area (Å²) in [4.78, 5) is 35.9. The molecule has 0 saturated heterocycles. The molecule has 2 N–H and O–H groups in total. The number of amides is 3. The Morgan fingerprint density at radius 1 is 1.00 bits per heavy atom. The highest BCUT2D eigenvalue weighted by Gasteiger charge is 2.24. The minimum atomic E-state index is -1.18. The zero-order chi connectivity index (χ0) is 21.2. The number of nitriles is 1. The van der Waals surface area contributed by atoms with Gasteiger partial charge in [0.1, 0.15) is 5.75 Å². The highest BCUT2D eigenvalue weighted by Crippen LogP contribution is 2.14. The number of carbonyl (C=O) groups excluding carboxylic acids is 3. The number of esters is 1. The Balaban J connectivity index is 1.77. The van der Waals surface area contributed by atoms with Crippen molar-refractivity contribution >= 4 is 17.9 Å². The van der Waals surface area contributed by atoms with E-state index in [4.69, 9.17) is 14.7 Å². The van der Waals surface area contributed by atoms with Gasteiger partial charge in [0.25, 0.3) is 5.91 Å². The van der Waals surface area contributed by atoms with E-state index in [9.17, 15) is 14.4 Å². The second-order valence-electron chi connectivity index (χ2n) is 6.13. The van der Waals surface area contributed by atoms with Crippen molar-refractivity contribution in [3.05, 3.63) is 65.7 Å². The van der Waals surface area contributed by atoms with E-state index >= 15 is 0 Å². The molecule has 0 bridgehead atoms. The van der Waals surface area contributed by atoms with Gasteiger partial charge in [-0.1, -0.05) is 30.3 Å². The van der Waals surface area contributed by atoms with Crippen molar-refractivity contribution in [2.45, 2.75) is 32.6 Å². The quantitative estimate of drug-likeness (QED) is 0.695. The van der Waals surface area contributed by atoms with E-state index in [1.807, 2.05) is 36.4 Å². The van der Waals surface area contributed by atoms with Gasteiger partial charge < -0.3 is 14.8 Å². The Bertz CT molecular complexity index is 891. The Morgan fingerprint density at radius 2 is 1.66 bits per heavy atom. The number of ether oxygens (including phenoxy) is 2. The fourth-order valence-corrected chi connectivity index (χ4v) is 2.22. The molecule has 8 nitrogen and oxygen atoms in total. The van der Waals surface area contributed by atoms with Crippen LogP contribution in [0.15, 0.2) is 54.6 Å². The van der Waals surface area contributed by atoms with Gasteiger partial charge in [-0.15, -0.1) is 0 Å². The lowest BCUT2D eigenvalue weighted by atomic mass is 10.2. The van der Waals surface area contributed by atoms with E-state index in [2.05, 4.69) is 10.6 Å². The van der Waals surface area contributed by atoms with E-state index in [1.165, 1.54) is 13.8 Å².